The third kappa shape index (κ3) is 5.35. The zero-order chi connectivity index (χ0) is 27.7. The van der Waals surface area contributed by atoms with Crippen LogP contribution < -0.4 is 9.80 Å². The molecule has 0 bridgehead atoms. The molecule has 2 saturated heterocycles. The van der Waals surface area contributed by atoms with Crippen LogP contribution in [0.15, 0.2) is 36.5 Å². The van der Waals surface area contributed by atoms with Gasteiger partial charge >= 0.3 is 6.18 Å². The van der Waals surface area contributed by atoms with Gasteiger partial charge in [-0.1, -0.05) is 0 Å². The van der Waals surface area contributed by atoms with Crippen LogP contribution in [0.3, 0.4) is 0 Å². The van der Waals surface area contributed by atoms with E-state index in [4.69, 9.17) is 22.2 Å². The molecule has 2 aliphatic rings. The fourth-order valence-electron chi connectivity index (χ4n) is 4.55. The molecule has 0 spiro atoms. The second kappa shape index (κ2) is 10.7. The molecule has 0 saturated carbocycles. The Kier molecular flexibility index (Phi) is 7.71. The molecular formula is C26H26F3N5O3S. The van der Waals surface area contributed by atoms with Crippen molar-refractivity contribution in [2.45, 2.75) is 44.8 Å². The van der Waals surface area contributed by atoms with Crippen molar-refractivity contribution in [1.29, 1.82) is 5.26 Å². The molecule has 200 valence electrons. The molecule has 2 aromatic rings. The van der Waals surface area contributed by atoms with E-state index in [1.165, 1.54) is 12.1 Å². The van der Waals surface area contributed by atoms with Crippen molar-refractivity contribution < 1.29 is 27.5 Å². The molecule has 0 radical (unpaired) electrons. The summed E-state index contributed by atoms with van der Waals surface area (Å²) in [6, 6.07) is 8.14. The maximum Gasteiger partial charge on any atom is 0.417 e. The lowest BCUT2D eigenvalue weighted by atomic mass is 10.0. The predicted molar refractivity (Wildman–Crippen MR) is 137 cm³/mol. The van der Waals surface area contributed by atoms with Gasteiger partial charge in [0, 0.05) is 25.2 Å². The fraction of sp³-hybridized carbons (Fsp3) is 0.423. The molecule has 8 nitrogen and oxygen atoms in total. The molecule has 0 unspecified atom stereocenters. The molecule has 0 atom stereocenters. The van der Waals surface area contributed by atoms with E-state index >= 15 is 0 Å². The van der Waals surface area contributed by atoms with Gasteiger partial charge in [0.1, 0.15) is 5.54 Å². The van der Waals surface area contributed by atoms with Crippen molar-refractivity contribution in [3.05, 3.63) is 53.3 Å². The predicted octanol–water partition coefficient (Wildman–Crippen LogP) is 4.07. The summed E-state index contributed by atoms with van der Waals surface area (Å²) in [6.45, 7) is 5.57. The Balaban J connectivity index is 1.49. The molecule has 3 heterocycles. The number of carbonyl (C=O) groups excluding carboxylic acids is 2. The first kappa shape index (κ1) is 27.5. The number of anilines is 2. The number of hydrogen-bond donors (Lipinski definition) is 0. The van der Waals surface area contributed by atoms with Crippen molar-refractivity contribution in [2.75, 3.05) is 36.1 Å². The lowest BCUT2D eigenvalue weighted by Gasteiger charge is -2.29. The summed E-state index contributed by atoms with van der Waals surface area (Å²) in [7, 11) is 0. The van der Waals surface area contributed by atoms with E-state index in [2.05, 4.69) is 4.98 Å². The number of ether oxygens (including phenoxy) is 1. The first-order chi connectivity index (χ1) is 17.9. The number of hydrogen-bond acceptors (Lipinski definition) is 6. The Bertz CT molecular complexity index is 1280. The summed E-state index contributed by atoms with van der Waals surface area (Å²) >= 11 is 5.55. The van der Waals surface area contributed by atoms with E-state index in [1.807, 2.05) is 0 Å². The van der Waals surface area contributed by atoms with Gasteiger partial charge in [0.25, 0.3) is 5.91 Å². The number of amides is 2. The van der Waals surface area contributed by atoms with Crippen LogP contribution in [0, 0.1) is 11.3 Å². The van der Waals surface area contributed by atoms with E-state index in [-0.39, 0.29) is 16.7 Å². The molecule has 1 aromatic carbocycles. The van der Waals surface area contributed by atoms with Crippen LogP contribution >= 0.6 is 12.2 Å². The Labute approximate surface area is 223 Å². The van der Waals surface area contributed by atoms with Crippen molar-refractivity contribution in [3.63, 3.8) is 0 Å². The third-order valence-electron chi connectivity index (χ3n) is 6.61. The highest BCUT2D eigenvalue weighted by Gasteiger charge is 2.50. The standard InChI is InChI=1S/C26H26F3N5O3S/c1-25(2)23(36)33(19-8-6-17(15-30)21(14-19)26(27,28)29)24(38)34(25)20-9-7-18(31-16-20)4-3-5-22(35)32-10-12-37-13-11-32/h6-9,14,16H,3-5,10-13H2,1-2H3. The number of nitrogens with zero attached hydrogens (tertiary/aromatic N) is 5. The van der Waals surface area contributed by atoms with Gasteiger partial charge in [0.15, 0.2) is 5.11 Å². The molecule has 0 N–H and O–H groups in total. The van der Waals surface area contributed by atoms with E-state index in [1.54, 1.807) is 42.0 Å². The second-order valence-electron chi connectivity index (χ2n) is 9.51. The summed E-state index contributed by atoms with van der Waals surface area (Å²) in [4.78, 5) is 34.5. The highest BCUT2D eigenvalue weighted by atomic mass is 32.1. The molecule has 0 aliphatic carbocycles. The van der Waals surface area contributed by atoms with Crippen molar-refractivity contribution in [2.24, 2.45) is 0 Å². The van der Waals surface area contributed by atoms with E-state index in [0.29, 0.717) is 51.3 Å². The number of thiocarbonyl (C=S) groups is 1. The van der Waals surface area contributed by atoms with Crippen LogP contribution in [0.2, 0.25) is 0 Å². The Morgan fingerprint density at radius 1 is 1.18 bits per heavy atom. The number of aryl methyl sites for hydroxylation is 1. The van der Waals surface area contributed by atoms with E-state index in [0.717, 1.165) is 22.7 Å². The third-order valence-corrected chi connectivity index (χ3v) is 6.98. The molecule has 12 heteroatoms. The molecule has 1 aromatic heterocycles. The van der Waals surface area contributed by atoms with Gasteiger partial charge in [-0.15, -0.1) is 0 Å². The average Bonchev–Trinajstić information content (AvgIpc) is 3.07. The SMILES string of the molecule is CC1(C)C(=O)N(c2ccc(C#N)c(C(F)(F)F)c2)C(=S)N1c1ccc(CCCC(=O)N2CCOCC2)nc1. The van der Waals surface area contributed by atoms with Gasteiger partial charge in [-0.05, 0) is 69.2 Å². The van der Waals surface area contributed by atoms with Crippen LogP contribution in [0.25, 0.3) is 0 Å². The maximum atomic E-state index is 13.5. The molecule has 38 heavy (non-hydrogen) atoms. The molecule has 2 fully saturated rings. The number of carbonyl (C=O) groups is 2. The Morgan fingerprint density at radius 2 is 1.87 bits per heavy atom. The van der Waals surface area contributed by atoms with Crippen LogP contribution in [-0.2, 0) is 26.9 Å². The molecule has 2 amide bonds. The number of alkyl halides is 3. The van der Waals surface area contributed by atoms with Crippen LogP contribution in [0.1, 0.15) is 43.5 Å². The van der Waals surface area contributed by atoms with Crippen LogP contribution in [0.4, 0.5) is 24.5 Å². The largest absolute Gasteiger partial charge is 0.417 e. The molecular weight excluding hydrogens is 519 g/mol. The number of nitriles is 1. The van der Waals surface area contributed by atoms with E-state index < -0.39 is 28.7 Å². The number of rotatable bonds is 6. The van der Waals surface area contributed by atoms with E-state index in [9.17, 15) is 22.8 Å². The quantitative estimate of drug-likeness (QED) is 0.506. The van der Waals surface area contributed by atoms with Gasteiger partial charge in [-0.3, -0.25) is 19.5 Å². The van der Waals surface area contributed by atoms with Gasteiger partial charge < -0.3 is 14.5 Å². The highest BCUT2D eigenvalue weighted by molar-refractivity contribution is 7.81. The number of halogens is 3. The minimum absolute atomic E-state index is 0.00323. The normalized spacial score (nSPS) is 17.6. The maximum absolute atomic E-state index is 13.5. The number of aromatic nitrogens is 1. The van der Waals surface area contributed by atoms with Gasteiger partial charge in [0.2, 0.25) is 5.91 Å². The topological polar surface area (TPSA) is 89.8 Å². The van der Waals surface area contributed by atoms with Crippen LogP contribution in [0.5, 0.6) is 0 Å². The van der Waals surface area contributed by atoms with Gasteiger partial charge in [-0.2, -0.15) is 18.4 Å². The number of morpholine rings is 1. The number of benzene rings is 1. The van der Waals surface area contributed by atoms with Crippen molar-refractivity contribution >= 4 is 40.5 Å². The minimum Gasteiger partial charge on any atom is -0.378 e. The van der Waals surface area contributed by atoms with Crippen LogP contribution in [-0.4, -0.2) is 58.7 Å². The molecule has 2 aliphatic heterocycles. The minimum atomic E-state index is -4.77. The zero-order valence-electron chi connectivity index (χ0n) is 20.9. The summed E-state index contributed by atoms with van der Waals surface area (Å²) < 4.78 is 45.8. The van der Waals surface area contributed by atoms with Crippen molar-refractivity contribution in [3.8, 4) is 6.07 Å². The first-order valence-corrected chi connectivity index (χ1v) is 12.5. The number of pyridine rings is 1. The van der Waals surface area contributed by atoms with Gasteiger partial charge in [-0.25, -0.2) is 0 Å². The summed E-state index contributed by atoms with van der Waals surface area (Å²) in [6.07, 6.45) is -1.60. The summed E-state index contributed by atoms with van der Waals surface area (Å²) in [5.41, 5.74) is -1.68. The van der Waals surface area contributed by atoms with Gasteiger partial charge in [0.05, 0.1) is 48.0 Å². The fourth-order valence-corrected chi connectivity index (χ4v) is 5.07. The smallest absolute Gasteiger partial charge is 0.378 e. The second-order valence-corrected chi connectivity index (χ2v) is 9.88. The Morgan fingerprint density at radius 3 is 2.47 bits per heavy atom. The zero-order valence-corrected chi connectivity index (χ0v) is 21.7. The summed E-state index contributed by atoms with van der Waals surface area (Å²) in [5.74, 6) is -0.421. The van der Waals surface area contributed by atoms with Crippen molar-refractivity contribution in [1.82, 2.24) is 9.88 Å². The Hall–Kier alpha value is -3.56. The highest BCUT2D eigenvalue weighted by Crippen LogP contribution is 2.39. The lowest BCUT2D eigenvalue weighted by molar-refractivity contribution is -0.138. The molecule has 4 rings (SSSR count). The summed E-state index contributed by atoms with van der Waals surface area (Å²) in [5, 5.41) is 9.09. The first-order valence-electron chi connectivity index (χ1n) is 12.1. The average molecular weight is 546 g/mol. The monoisotopic (exact) mass is 545 g/mol. The lowest BCUT2D eigenvalue weighted by Crippen LogP contribution is -2.44.